The number of hydrogen-bond acceptors (Lipinski definition) is 6. The highest BCUT2D eigenvalue weighted by Gasteiger charge is 2.56. The fourth-order valence-corrected chi connectivity index (χ4v) is 2.82. The quantitative estimate of drug-likeness (QED) is 0.186. The normalized spacial score (nSPS) is 14.4. The zero-order valence-corrected chi connectivity index (χ0v) is 16.1. The molecule has 1 heterocycles. The SMILES string of the molecule is COC/C=C\c1ccc(C(F)(F)C(N)(CN(N)/C=N\N)c2ccc(F)cc2F)nc1. The highest BCUT2D eigenvalue weighted by Crippen LogP contribution is 2.44. The first-order chi connectivity index (χ1) is 14.2. The summed E-state index contributed by atoms with van der Waals surface area (Å²) >= 11 is 0. The van der Waals surface area contributed by atoms with Gasteiger partial charge in [0.15, 0.2) is 0 Å². The van der Waals surface area contributed by atoms with Gasteiger partial charge in [-0.05, 0) is 17.7 Å². The molecule has 30 heavy (non-hydrogen) atoms. The molecule has 2 aromatic rings. The van der Waals surface area contributed by atoms with E-state index in [9.17, 15) is 8.78 Å². The third-order valence-corrected chi connectivity index (χ3v) is 4.30. The van der Waals surface area contributed by atoms with Crippen LogP contribution in [0.15, 0.2) is 47.7 Å². The second-order valence-electron chi connectivity index (χ2n) is 6.44. The van der Waals surface area contributed by atoms with E-state index in [2.05, 4.69) is 10.1 Å². The lowest BCUT2D eigenvalue weighted by atomic mass is 9.81. The largest absolute Gasteiger partial charge is 0.381 e. The minimum Gasteiger partial charge on any atom is -0.381 e. The number of benzene rings is 1. The lowest BCUT2D eigenvalue weighted by Crippen LogP contribution is -2.59. The summed E-state index contributed by atoms with van der Waals surface area (Å²) in [6.45, 7) is -0.469. The standard InChI is InChI=1S/C19H22F4N6O/c1-30-8-2-3-13-4-7-17(27-10-13)19(22,23)18(24,11-29(26)12-28-25)15-6-5-14(20)9-16(15)21/h2-7,9-10,12H,8,11,24-26H2,1H3/b3-2-,28-12-. The Morgan fingerprint density at radius 3 is 2.53 bits per heavy atom. The van der Waals surface area contributed by atoms with E-state index in [1.54, 1.807) is 12.2 Å². The van der Waals surface area contributed by atoms with E-state index in [1.807, 2.05) is 0 Å². The third-order valence-electron chi connectivity index (χ3n) is 4.30. The molecule has 0 aliphatic carbocycles. The molecule has 0 bridgehead atoms. The fraction of sp³-hybridized carbons (Fsp3) is 0.263. The molecule has 0 aliphatic heterocycles. The number of hydrazine groups is 1. The molecule has 1 unspecified atom stereocenters. The van der Waals surface area contributed by atoms with E-state index in [-0.39, 0.29) is 0 Å². The Morgan fingerprint density at radius 2 is 1.97 bits per heavy atom. The molecule has 1 aromatic carbocycles. The molecule has 11 heteroatoms. The van der Waals surface area contributed by atoms with Crippen LogP contribution in [0.25, 0.3) is 6.08 Å². The summed E-state index contributed by atoms with van der Waals surface area (Å²) in [4.78, 5) is 3.78. The number of pyridine rings is 1. The monoisotopic (exact) mass is 426 g/mol. The van der Waals surface area contributed by atoms with Gasteiger partial charge in [-0.2, -0.15) is 13.9 Å². The number of nitrogens with zero attached hydrogens (tertiary/aromatic N) is 3. The van der Waals surface area contributed by atoms with Crippen LogP contribution in [0.3, 0.4) is 0 Å². The molecule has 2 rings (SSSR count). The molecule has 162 valence electrons. The van der Waals surface area contributed by atoms with Crippen LogP contribution in [0.4, 0.5) is 17.6 Å². The van der Waals surface area contributed by atoms with Crippen LogP contribution in [0.5, 0.6) is 0 Å². The van der Waals surface area contributed by atoms with Crippen LogP contribution in [0, 0.1) is 11.6 Å². The molecule has 0 fully saturated rings. The zero-order chi connectivity index (χ0) is 22.4. The van der Waals surface area contributed by atoms with E-state index in [0.717, 1.165) is 24.5 Å². The Balaban J connectivity index is 2.52. The summed E-state index contributed by atoms with van der Waals surface area (Å²) in [6, 6.07) is 4.58. The molecule has 0 saturated carbocycles. The lowest BCUT2D eigenvalue weighted by Gasteiger charge is -2.39. The van der Waals surface area contributed by atoms with Gasteiger partial charge in [0.25, 0.3) is 0 Å². The molecule has 1 atom stereocenters. The average molecular weight is 426 g/mol. The number of ether oxygens (including phenoxy) is 1. The Labute approximate surface area is 170 Å². The van der Waals surface area contributed by atoms with Gasteiger partial charge in [-0.25, -0.2) is 14.6 Å². The van der Waals surface area contributed by atoms with Gasteiger partial charge >= 0.3 is 5.92 Å². The van der Waals surface area contributed by atoms with Gasteiger partial charge in [0.1, 0.15) is 29.2 Å². The smallest absolute Gasteiger partial charge is 0.313 e. The van der Waals surface area contributed by atoms with Gasteiger partial charge in [0.05, 0.1) is 13.2 Å². The molecule has 0 radical (unpaired) electrons. The number of nitrogens with two attached hydrogens (primary N) is 3. The van der Waals surface area contributed by atoms with Crippen molar-refractivity contribution in [3.05, 3.63) is 71.1 Å². The predicted octanol–water partition coefficient (Wildman–Crippen LogP) is 2.04. The first kappa shape index (κ1) is 23.3. The van der Waals surface area contributed by atoms with Crippen molar-refractivity contribution in [3.8, 4) is 0 Å². The van der Waals surface area contributed by atoms with E-state index in [0.29, 0.717) is 23.2 Å². The molecule has 1 aromatic heterocycles. The maximum absolute atomic E-state index is 15.6. The van der Waals surface area contributed by atoms with E-state index >= 15 is 8.78 Å². The summed E-state index contributed by atoms with van der Waals surface area (Å²) in [5, 5.41) is 3.82. The number of alkyl halides is 2. The minimum absolute atomic E-state index is 0.336. The molecule has 0 amide bonds. The summed E-state index contributed by atoms with van der Waals surface area (Å²) in [5.41, 5.74) is 2.47. The maximum atomic E-state index is 15.6. The highest BCUT2D eigenvalue weighted by atomic mass is 19.3. The van der Waals surface area contributed by atoms with Crippen LogP contribution in [-0.2, 0) is 16.2 Å². The van der Waals surface area contributed by atoms with Gasteiger partial charge in [0.2, 0.25) is 0 Å². The lowest BCUT2D eigenvalue weighted by molar-refractivity contribution is -0.0964. The first-order valence-electron chi connectivity index (χ1n) is 8.64. The van der Waals surface area contributed by atoms with Crippen LogP contribution >= 0.6 is 0 Å². The fourth-order valence-electron chi connectivity index (χ4n) is 2.82. The predicted molar refractivity (Wildman–Crippen MR) is 105 cm³/mol. The molecule has 0 aliphatic rings. The number of aromatic nitrogens is 1. The van der Waals surface area contributed by atoms with Crippen molar-refractivity contribution in [2.75, 3.05) is 20.3 Å². The van der Waals surface area contributed by atoms with Gasteiger partial charge in [0, 0.05) is 24.9 Å². The third kappa shape index (κ3) is 4.93. The van der Waals surface area contributed by atoms with Crippen molar-refractivity contribution in [2.24, 2.45) is 22.5 Å². The summed E-state index contributed by atoms with van der Waals surface area (Å²) < 4.78 is 63.8. The van der Waals surface area contributed by atoms with Gasteiger partial charge in [-0.1, -0.05) is 24.3 Å². The number of halogens is 4. The van der Waals surface area contributed by atoms with Gasteiger partial charge in [-0.15, -0.1) is 0 Å². The molecular formula is C19H22F4N6O. The van der Waals surface area contributed by atoms with E-state index in [1.165, 1.54) is 19.4 Å². The van der Waals surface area contributed by atoms with Crippen LogP contribution < -0.4 is 17.4 Å². The van der Waals surface area contributed by atoms with Crippen molar-refractivity contribution >= 4 is 12.4 Å². The summed E-state index contributed by atoms with van der Waals surface area (Å²) in [7, 11) is 1.51. The van der Waals surface area contributed by atoms with Gasteiger partial charge < -0.3 is 16.3 Å². The number of methoxy groups -OCH3 is 1. The second-order valence-corrected chi connectivity index (χ2v) is 6.44. The topological polar surface area (TPSA) is 116 Å². The maximum Gasteiger partial charge on any atom is 0.313 e. The molecule has 0 spiro atoms. The highest BCUT2D eigenvalue weighted by molar-refractivity contribution is 5.54. The number of hydrogen-bond donors (Lipinski definition) is 3. The molecule has 7 nitrogen and oxygen atoms in total. The average Bonchev–Trinajstić information content (AvgIpc) is 2.68. The van der Waals surface area contributed by atoms with Crippen molar-refractivity contribution in [3.63, 3.8) is 0 Å². The molecule has 0 saturated heterocycles. The van der Waals surface area contributed by atoms with Crippen LogP contribution in [-0.4, -0.2) is 36.6 Å². The van der Waals surface area contributed by atoms with Crippen molar-refractivity contribution in [2.45, 2.75) is 11.5 Å². The second kappa shape index (κ2) is 9.65. The van der Waals surface area contributed by atoms with E-state index in [4.69, 9.17) is 22.2 Å². The Hall–Kier alpha value is -3.02. The van der Waals surface area contributed by atoms with Crippen molar-refractivity contribution < 1.29 is 22.3 Å². The summed E-state index contributed by atoms with van der Waals surface area (Å²) in [5.74, 6) is 4.48. The minimum atomic E-state index is -3.92. The summed E-state index contributed by atoms with van der Waals surface area (Å²) in [6.07, 6.45) is 5.36. The van der Waals surface area contributed by atoms with E-state index < -0.39 is 40.9 Å². The van der Waals surface area contributed by atoms with Crippen molar-refractivity contribution in [1.29, 1.82) is 0 Å². The van der Waals surface area contributed by atoms with Crippen LogP contribution in [0.1, 0.15) is 16.8 Å². The first-order valence-corrected chi connectivity index (χ1v) is 8.64. The Kier molecular flexibility index (Phi) is 7.48. The Bertz CT molecular complexity index is 906. The number of hydrazone groups is 1. The van der Waals surface area contributed by atoms with Gasteiger partial charge in [-0.3, -0.25) is 9.99 Å². The molecule has 6 N–H and O–H groups in total. The molecular weight excluding hydrogens is 404 g/mol. The Morgan fingerprint density at radius 1 is 1.23 bits per heavy atom. The van der Waals surface area contributed by atoms with Crippen LogP contribution in [0.2, 0.25) is 0 Å². The number of rotatable bonds is 9. The van der Waals surface area contributed by atoms with Crippen molar-refractivity contribution in [1.82, 2.24) is 9.99 Å². The zero-order valence-electron chi connectivity index (χ0n) is 16.1.